The van der Waals surface area contributed by atoms with Gasteiger partial charge in [0.25, 0.3) is 6.17 Å². The molecule has 1 aliphatic rings. The third-order valence-corrected chi connectivity index (χ3v) is 7.08. The van der Waals surface area contributed by atoms with Crippen LogP contribution in [0.3, 0.4) is 0 Å². The zero-order valence-corrected chi connectivity index (χ0v) is 21.6. The van der Waals surface area contributed by atoms with E-state index in [0.717, 1.165) is 10.2 Å². The first kappa shape index (κ1) is 22.8. The Balaban J connectivity index is 1.86. The third kappa shape index (κ3) is 3.57. The fourth-order valence-electron chi connectivity index (χ4n) is 4.23. The summed E-state index contributed by atoms with van der Waals surface area (Å²) in [6.45, 7) is 3.32. The van der Waals surface area contributed by atoms with Gasteiger partial charge in [0.1, 0.15) is 10.7 Å². The van der Waals surface area contributed by atoms with E-state index < -0.39 is 6.17 Å². The molecule has 0 fully saturated rings. The van der Waals surface area contributed by atoms with Crippen LogP contribution in [0, 0.1) is 6.92 Å². The smallest absolute Gasteiger partial charge is 0.291 e. The van der Waals surface area contributed by atoms with Gasteiger partial charge in [0.2, 0.25) is 11.1 Å². The normalized spacial score (nSPS) is 14.6. The molecule has 8 nitrogen and oxygen atoms in total. The van der Waals surface area contributed by atoms with Crippen molar-refractivity contribution in [3.63, 3.8) is 0 Å². The van der Waals surface area contributed by atoms with E-state index >= 15 is 0 Å². The van der Waals surface area contributed by atoms with Gasteiger partial charge >= 0.3 is 11.3 Å². The number of nitrogens with zero attached hydrogens (tertiary/aromatic N) is 5. The van der Waals surface area contributed by atoms with Crippen LogP contribution in [0.5, 0.6) is 0 Å². The second-order valence-electron chi connectivity index (χ2n) is 7.72. The van der Waals surface area contributed by atoms with Crippen LogP contribution in [0.1, 0.15) is 24.3 Å². The Labute approximate surface area is 212 Å². The minimum atomic E-state index is -0.806. The molecule has 0 aliphatic carbocycles. The van der Waals surface area contributed by atoms with E-state index in [1.54, 1.807) is 14.3 Å². The average Bonchev–Trinajstić information content (AvgIpc) is 3.11. The maximum Gasteiger partial charge on any atom is 0.325 e. The maximum absolute atomic E-state index is 13.3. The Morgan fingerprint density at radius 2 is 1.97 bits per heavy atom. The Morgan fingerprint density at radius 1 is 1.24 bits per heavy atom. The number of carbonyl (C=O) groups is 1. The molecule has 1 atom stereocenters. The zero-order chi connectivity index (χ0) is 24.1. The van der Waals surface area contributed by atoms with Crippen LogP contribution in [0.25, 0.3) is 16.9 Å². The first-order valence-electron chi connectivity index (χ1n) is 10.3. The van der Waals surface area contributed by atoms with E-state index in [1.165, 1.54) is 18.7 Å². The van der Waals surface area contributed by atoms with Gasteiger partial charge < -0.3 is 0 Å². The molecular formula is C23H19BrClN6O2S+. The summed E-state index contributed by atoms with van der Waals surface area (Å²) in [4.78, 5) is 30.8. The van der Waals surface area contributed by atoms with Gasteiger partial charge in [-0.1, -0.05) is 57.5 Å². The number of hydrogen-bond donors (Lipinski definition) is 1. The first-order chi connectivity index (χ1) is 16.3. The molecule has 0 saturated carbocycles. The summed E-state index contributed by atoms with van der Waals surface area (Å²) in [6, 6.07) is 15.0. The number of hydrogen-bond acceptors (Lipinski definition) is 5. The molecule has 5 rings (SSSR count). The van der Waals surface area contributed by atoms with E-state index in [0.29, 0.717) is 38.5 Å². The lowest BCUT2D eigenvalue weighted by Gasteiger charge is -2.31. The van der Waals surface area contributed by atoms with Gasteiger partial charge in [0.15, 0.2) is 0 Å². The van der Waals surface area contributed by atoms with Gasteiger partial charge in [-0.3, -0.25) is 14.6 Å². The number of carbonyl (C=O) groups excluding carboxylic acids is 1. The highest BCUT2D eigenvalue weighted by molar-refractivity contribution is 9.10. The van der Waals surface area contributed by atoms with Crippen LogP contribution in [0.15, 0.2) is 63.0 Å². The van der Waals surface area contributed by atoms with Crippen LogP contribution in [0.2, 0.25) is 5.15 Å². The van der Waals surface area contributed by atoms with Gasteiger partial charge in [0.05, 0.1) is 22.6 Å². The van der Waals surface area contributed by atoms with E-state index in [4.69, 9.17) is 16.7 Å². The lowest BCUT2D eigenvalue weighted by Crippen LogP contribution is -2.60. The number of aromatic amines is 1. The average molecular weight is 559 g/mol. The topological polar surface area (TPSA) is 87.8 Å². The summed E-state index contributed by atoms with van der Waals surface area (Å²) in [5, 5.41) is 10.1. The first-order valence-corrected chi connectivity index (χ1v) is 12.7. The number of thioether (sulfide) groups is 1. The number of halogens is 2. The monoisotopic (exact) mass is 557 g/mol. The van der Waals surface area contributed by atoms with Crippen molar-refractivity contribution in [1.29, 1.82) is 0 Å². The second kappa shape index (κ2) is 8.68. The van der Waals surface area contributed by atoms with E-state index in [2.05, 4.69) is 26.0 Å². The molecule has 1 amide bonds. The maximum atomic E-state index is 13.3. The van der Waals surface area contributed by atoms with Crippen LogP contribution in [0.4, 0.5) is 5.69 Å². The van der Waals surface area contributed by atoms with Crippen molar-refractivity contribution in [3.8, 4) is 16.9 Å². The summed E-state index contributed by atoms with van der Waals surface area (Å²) >= 11 is 11.7. The van der Waals surface area contributed by atoms with Crippen molar-refractivity contribution in [2.75, 3.05) is 11.2 Å². The highest BCUT2D eigenvalue weighted by Crippen LogP contribution is 2.41. The molecule has 0 spiro atoms. The molecule has 34 heavy (non-hydrogen) atoms. The van der Waals surface area contributed by atoms with Gasteiger partial charge in [-0.05, 0) is 48.2 Å². The predicted molar refractivity (Wildman–Crippen MR) is 135 cm³/mol. The molecule has 1 aliphatic heterocycles. The van der Waals surface area contributed by atoms with Gasteiger partial charge in [-0.15, -0.1) is 0 Å². The number of fused-ring (bicyclic) bond motifs is 3. The van der Waals surface area contributed by atoms with Crippen molar-refractivity contribution in [3.05, 3.63) is 79.8 Å². The number of aromatic nitrogens is 5. The summed E-state index contributed by atoms with van der Waals surface area (Å²) in [6.07, 6.45) is 1.02. The SMILES string of the molecule is CSc1n[n+]2c(c(=O)[nH]1)-c1cc(Br)ccc1N(C(C)=O)[C@H]2c1c(C)nn(-c2ccccc2)c1Cl. The van der Waals surface area contributed by atoms with E-state index in [-0.39, 0.29) is 11.5 Å². The number of rotatable bonds is 3. The number of amides is 1. The van der Waals surface area contributed by atoms with Crippen LogP contribution >= 0.6 is 39.3 Å². The van der Waals surface area contributed by atoms with Crippen LogP contribution in [-0.2, 0) is 4.79 Å². The molecule has 2 aromatic carbocycles. The number of para-hydroxylation sites is 1. The molecule has 4 aromatic rings. The fourth-order valence-corrected chi connectivity index (χ4v) is 5.33. The fraction of sp³-hybridized carbons (Fsp3) is 0.174. The number of aryl methyl sites for hydroxylation is 1. The Hall–Kier alpha value is -2.95. The lowest BCUT2D eigenvalue weighted by atomic mass is 10.0. The Morgan fingerprint density at radius 3 is 2.65 bits per heavy atom. The van der Waals surface area contributed by atoms with Gasteiger partial charge in [0, 0.05) is 16.5 Å². The highest BCUT2D eigenvalue weighted by Gasteiger charge is 2.47. The summed E-state index contributed by atoms with van der Waals surface area (Å²) in [5.74, 6) is -0.220. The summed E-state index contributed by atoms with van der Waals surface area (Å²) in [7, 11) is 0. The number of anilines is 1. The summed E-state index contributed by atoms with van der Waals surface area (Å²) < 4.78 is 3.98. The summed E-state index contributed by atoms with van der Waals surface area (Å²) in [5.41, 5.74) is 3.20. The minimum absolute atomic E-state index is 0.220. The van der Waals surface area contributed by atoms with E-state index in [1.807, 2.05) is 61.7 Å². The van der Waals surface area contributed by atoms with Crippen LogP contribution < -0.4 is 15.1 Å². The van der Waals surface area contributed by atoms with Gasteiger partial charge in [-0.25, -0.2) is 9.58 Å². The zero-order valence-electron chi connectivity index (χ0n) is 18.4. The number of H-pyrrole nitrogens is 1. The van der Waals surface area contributed by atoms with Crippen molar-refractivity contribution in [1.82, 2.24) is 19.9 Å². The molecular weight excluding hydrogens is 540 g/mol. The molecule has 11 heteroatoms. The molecule has 1 N–H and O–H groups in total. The van der Waals surface area contributed by atoms with Gasteiger partial charge in [-0.2, -0.15) is 5.10 Å². The molecule has 0 unspecified atom stereocenters. The Bertz CT molecular complexity index is 1500. The van der Waals surface area contributed by atoms with Crippen molar-refractivity contribution in [2.24, 2.45) is 0 Å². The Kier molecular flexibility index (Phi) is 5.83. The number of benzene rings is 2. The highest BCUT2D eigenvalue weighted by atomic mass is 79.9. The van der Waals surface area contributed by atoms with Crippen molar-refractivity contribution >= 4 is 50.9 Å². The molecule has 0 bridgehead atoms. The van der Waals surface area contributed by atoms with E-state index in [9.17, 15) is 9.59 Å². The van der Waals surface area contributed by atoms with Crippen LogP contribution in [-0.4, -0.2) is 32.0 Å². The second-order valence-corrected chi connectivity index (χ2v) is 9.79. The molecule has 3 heterocycles. The van der Waals surface area contributed by atoms with Crippen molar-refractivity contribution < 1.29 is 9.48 Å². The standard InChI is InChI=1S/C23H18BrClN6O2S/c1-12-18(20(25)30(27-12)15-7-5-4-6-8-15)22-29(13(2)32)17-10-9-14(24)11-16(17)19-21(33)26-23(34-3)28-31(19)22/h4-11,22H,1-3H3/p+1/t22-/m1/s1. The molecule has 0 saturated heterocycles. The lowest BCUT2D eigenvalue weighted by molar-refractivity contribution is -0.763. The third-order valence-electron chi connectivity index (χ3n) is 5.65. The molecule has 2 aromatic heterocycles. The minimum Gasteiger partial charge on any atom is -0.291 e. The molecule has 0 radical (unpaired) electrons. The predicted octanol–water partition coefficient (Wildman–Crippen LogP) is 4.27. The molecule has 172 valence electrons. The quantitative estimate of drug-likeness (QED) is 0.300. The van der Waals surface area contributed by atoms with Crippen molar-refractivity contribution in [2.45, 2.75) is 25.2 Å². The largest absolute Gasteiger partial charge is 0.325 e. The number of nitrogens with one attached hydrogen (secondary N) is 1.